The maximum atomic E-state index is 12.3. The van der Waals surface area contributed by atoms with Crippen molar-refractivity contribution in [3.63, 3.8) is 0 Å². The number of nitrogens with two attached hydrogens (primary N) is 1. The smallest absolute Gasteiger partial charge is 0.340 e. The van der Waals surface area contributed by atoms with Crippen LogP contribution in [0.1, 0.15) is 40.4 Å². The zero-order chi connectivity index (χ0) is 14.8. The van der Waals surface area contributed by atoms with E-state index in [1.807, 2.05) is 18.2 Å². The number of ether oxygens (including phenoxy) is 1. The Morgan fingerprint density at radius 1 is 1.24 bits per heavy atom. The Labute approximate surface area is 128 Å². The third-order valence-corrected chi connectivity index (χ3v) is 4.03. The van der Waals surface area contributed by atoms with Crippen LogP contribution in [0.5, 0.6) is 0 Å². The van der Waals surface area contributed by atoms with Gasteiger partial charge in [0.2, 0.25) is 0 Å². The van der Waals surface area contributed by atoms with E-state index in [0.29, 0.717) is 16.3 Å². The van der Waals surface area contributed by atoms with Crippen molar-refractivity contribution in [2.24, 2.45) is 0 Å². The lowest BCUT2D eigenvalue weighted by atomic mass is 9.89. The second kappa shape index (κ2) is 5.78. The van der Waals surface area contributed by atoms with Crippen molar-refractivity contribution in [1.29, 1.82) is 0 Å². The summed E-state index contributed by atoms with van der Waals surface area (Å²) in [5, 5.41) is 0.507. The largest absolute Gasteiger partial charge is 0.454 e. The molecule has 0 aromatic heterocycles. The van der Waals surface area contributed by atoms with Crippen molar-refractivity contribution < 1.29 is 9.53 Å². The van der Waals surface area contributed by atoms with Gasteiger partial charge in [-0.25, -0.2) is 4.79 Å². The minimum Gasteiger partial charge on any atom is -0.454 e. The first kappa shape index (κ1) is 14.0. The van der Waals surface area contributed by atoms with Gasteiger partial charge < -0.3 is 10.5 Å². The lowest BCUT2D eigenvalue weighted by molar-refractivity contribution is 0.0258. The predicted octanol–water partition coefficient (Wildman–Crippen LogP) is 4.16. The zero-order valence-corrected chi connectivity index (χ0v) is 12.3. The first-order valence-electron chi connectivity index (χ1n) is 6.99. The van der Waals surface area contributed by atoms with Crippen LogP contribution in [0.4, 0.5) is 5.69 Å². The Hall–Kier alpha value is -2.00. The maximum absolute atomic E-state index is 12.3. The molecule has 1 aliphatic carbocycles. The molecule has 0 saturated heterocycles. The van der Waals surface area contributed by atoms with Gasteiger partial charge in [-0.3, -0.25) is 0 Å². The van der Waals surface area contributed by atoms with Gasteiger partial charge in [-0.2, -0.15) is 0 Å². The summed E-state index contributed by atoms with van der Waals surface area (Å²) < 4.78 is 5.66. The Morgan fingerprint density at radius 2 is 2.05 bits per heavy atom. The minimum absolute atomic E-state index is 0.197. The molecule has 21 heavy (non-hydrogen) atoms. The summed E-state index contributed by atoms with van der Waals surface area (Å²) in [7, 11) is 0. The number of rotatable bonds is 2. The third-order valence-electron chi connectivity index (χ3n) is 3.80. The molecule has 2 N–H and O–H groups in total. The van der Waals surface area contributed by atoms with Crippen molar-refractivity contribution in [2.45, 2.75) is 25.4 Å². The highest BCUT2D eigenvalue weighted by molar-refractivity contribution is 6.31. The van der Waals surface area contributed by atoms with Crippen molar-refractivity contribution in [1.82, 2.24) is 0 Å². The Bertz CT molecular complexity index is 684. The molecule has 3 nitrogen and oxygen atoms in total. The summed E-state index contributed by atoms with van der Waals surface area (Å²) >= 11 is 5.85. The van der Waals surface area contributed by atoms with Crippen LogP contribution in [0.3, 0.4) is 0 Å². The first-order chi connectivity index (χ1) is 10.1. The molecule has 3 rings (SSSR count). The molecule has 2 aromatic rings. The van der Waals surface area contributed by atoms with Crippen LogP contribution in [-0.4, -0.2) is 5.97 Å². The third kappa shape index (κ3) is 2.88. The minimum atomic E-state index is -0.397. The summed E-state index contributed by atoms with van der Waals surface area (Å²) in [6.45, 7) is 0. The number of benzene rings is 2. The van der Waals surface area contributed by atoms with Gasteiger partial charge in [0, 0.05) is 10.7 Å². The van der Waals surface area contributed by atoms with Gasteiger partial charge in [-0.05, 0) is 48.6 Å². The van der Waals surface area contributed by atoms with Gasteiger partial charge in [-0.1, -0.05) is 35.9 Å². The number of fused-ring (bicyclic) bond motifs is 1. The number of halogens is 1. The molecule has 1 unspecified atom stereocenters. The molecule has 1 aliphatic rings. The molecular weight excluding hydrogens is 286 g/mol. The lowest BCUT2D eigenvalue weighted by Crippen LogP contribution is -2.17. The predicted molar refractivity (Wildman–Crippen MR) is 83.4 cm³/mol. The van der Waals surface area contributed by atoms with E-state index < -0.39 is 5.97 Å². The molecule has 0 saturated carbocycles. The molecule has 2 aromatic carbocycles. The first-order valence-corrected chi connectivity index (χ1v) is 7.37. The molecule has 0 amide bonds. The molecule has 1 atom stereocenters. The van der Waals surface area contributed by atoms with Crippen molar-refractivity contribution in [3.05, 3.63) is 64.2 Å². The Kier molecular flexibility index (Phi) is 3.84. The van der Waals surface area contributed by atoms with E-state index in [-0.39, 0.29) is 6.10 Å². The highest BCUT2D eigenvalue weighted by Gasteiger charge is 2.24. The van der Waals surface area contributed by atoms with E-state index >= 15 is 0 Å². The molecule has 0 bridgehead atoms. The average molecular weight is 302 g/mol. The number of carbonyl (C=O) groups excluding carboxylic acids is 1. The second-order valence-electron chi connectivity index (χ2n) is 5.22. The number of esters is 1. The van der Waals surface area contributed by atoms with E-state index in [9.17, 15) is 4.79 Å². The highest BCUT2D eigenvalue weighted by atomic mass is 35.5. The molecule has 0 spiro atoms. The average Bonchev–Trinajstić information content (AvgIpc) is 2.47. The van der Waals surface area contributed by atoms with E-state index in [1.165, 1.54) is 5.56 Å². The number of anilines is 1. The fourth-order valence-corrected chi connectivity index (χ4v) is 2.92. The van der Waals surface area contributed by atoms with Gasteiger partial charge in [0.15, 0.2) is 0 Å². The molecule has 0 fully saturated rings. The van der Waals surface area contributed by atoms with Gasteiger partial charge in [-0.15, -0.1) is 0 Å². The molecular formula is C17H16ClNO2. The fraction of sp³-hybridized carbons (Fsp3) is 0.235. The van der Waals surface area contributed by atoms with Crippen molar-refractivity contribution in [3.8, 4) is 0 Å². The van der Waals surface area contributed by atoms with Crippen LogP contribution >= 0.6 is 11.6 Å². The standard InChI is InChI=1S/C17H16ClNO2/c18-12-8-9-14(15(19)10-12)17(20)21-16-7-3-5-11-4-1-2-6-13(11)16/h1-2,4,6,8-10,16H,3,5,7,19H2. The highest BCUT2D eigenvalue weighted by Crippen LogP contribution is 2.33. The molecule has 4 heteroatoms. The topological polar surface area (TPSA) is 52.3 Å². The monoisotopic (exact) mass is 301 g/mol. The molecule has 0 radical (unpaired) electrons. The van der Waals surface area contributed by atoms with Gasteiger partial charge in [0.05, 0.1) is 5.56 Å². The zero-order valence-electron chi connectivity index (χ0n) is 11.5. The normalized spacial score (nSPS) is 17.1. The fourth-order valence-electron chi connectivity index (χ4n) is 2.74. The molecule has 0 aliphatic heterocycles. The maximum Gasteiger partial charge on any atom is 0.340 e. The Balaban J connectivity index is 1.83. The summed E-state index contributed by atoms with van der Waals surface area (Å²) in [5.41, 5.74) is 8.90. The Morgan fingerprint density at radius 3 is 2.86 bits per heavy atom. The lowest BCUT2D eigenvalue weighted by Gasteiger charge is -2.25. The summed E-state index contributed by atoms with van der Waals surface area (Å²) in [6, 6.07) is 12.9. The van der Waals surface area contributed by atoms with Crippen LogP contribution in [0.25, 0.3) is 0 Å². The van der Waals surface area contributed by atoms with E-state index in [4.69, 9.17) is 22.1 Å². The number of hydrogen-bond donors (Lipinski definition) is 1. The van der Waals surface area contributed by atoms with Crippen LogP contribution in [0, 0.1) is 0 Å². The van der Waals surface area contributed by atoms with Crippen molar-refractivity contribution >= 4 is 23.3 Å². The van der Waals surface area contributed by atoms with E-state index in [0.717, 1.165) is 24.8 Å². The van der Waals surface area contributed by atoms with Crippen molar-refractivity contribution in [2.75, 3.05) is 5.73 Å². The summed E-state index contributed by atoms with van der Waals surface area (Å²) in [5.74, 6) is -0.397. The summed E-state index contributed by atoms with van der Waals surface area (Å²) in [4.78, 5) is 12.3. The van der Waals surface area contributed by atoms with Crippen LogP contribution in [0.15, 0.2) is 42.5 Å². The SMILES string of the molecule is Nc1cc(Cl)ccc1C(=O)OC1CCCc2ccccc21. The number of nitrogen functional groups attached to an aromatic ring is 1. The van der Waals surface area contributed by atoms with Gasteiger partial charge in [0.1, 0.15) is 6.10 Å². The summed E-state index contributed by atoms with van der Waals surface area (Å²) in [6.07, 6.45) is 2.70. The van der Waals surface area contributed by atoms with Gasteiger partial charge in [0.25, 0.3) is 0 Å². The number of hydrogen-bond acceptors (Lipinski definition) is 3. The number of aryl methyl sites for hydroxylation is 1. The van der Waals surface area contributed by atoms with E-state index in [1.54, 1.807) is 18.2 Å². The van der Waals surface area contributed by atoms with Crippen LogP contribution in [0.2, 0.25) is 5.02 Å². The number of carbonyl (C=O) groups is 1. The van der Waals surface area contributed by atoms with Crippen LogP contribution in [-0.2, 0) is 11.2 Å². The molecule has 0 heterocycles. The molecule has 108 valence electrons. The van der Waals surface area contributed by atoms with Crippen LogP contribution < -0.4 is 5.73 Å². The van der Waals surface area contributed by atoms with E-state index in [2.05, 4.69) is 6.07 Å². The quantitative estimate of drug-likeness (QED) is 0.669. The van der Waals surface area contributed by atoms with Gasteiger partial charge >= 0.3 is 5.97 Å². The second-order valence-corrected chi connectivity index (χ2v) is 5.65.